The number of H-pyrrole nitrogens is 1. The highest BCUT2D eigenvalue weighted by atomic mass is 32.2. The number of aromatic nitrogens is 4. The number of nitrogens with zero attached hydrogens (tertiary/aromatic N) is 3. The first-order valence-electron chi connectivity index (χ1n) is 5.86. The van der Waals surface area contributed by atoms with Crippen molar-refractivity contribution in [1.82, 2.24) is 19.9 Å². The van der Waals surface area contributed by atoms with Gasteiger partial charge in [0, 0.05) is 6.07 Å². The lowest BCUT2D eigenvalue weighted by atomic mass is 10.4. The van der Waals surface area contributed by atoms with Gasteiger partial charge in [-0.1, -0.05) is 11.8 Å². The monoisotopic (exact) mass is 321 g/mol. The van der Waals surface area contributed by atoms with Crippen molar-refractivity contribution in [1.29, 1.82) is 0 Å². The Labute approximate surface area is 127 Å². The molecule has 108 valence electrons. The number of hydrazine groups is 1. The van der Waals surface area contributed by atoms with Crippen molar-refractivity contribution in [2.24, 2.45) is 5.84 Å². The number of nitrogen functional groups attached to an aromatic ring is 2. The number of fused-ring (bicyclic) bond motifs is 1. The second-order valence-electron chi connectivity index (χ2n) is 4.04. The van der Waals surface area contributed by atoms with Gasteiger partial charge in [-0.3, -0.25) is 4.79 Å². The highest BCUT2D eigenvalue weighted by molar-refractivity contribution is 7.98. The van der Waals surface area contributed by atoms with Crippen LogP contribution in [-0.2, 0) is 5.75 Å². The van der Waals surface area contributed by atoms with Crippen molar-refractivity contribution in [3.63, 3.8) is 0 Å². The molecule has 0 atom stereocenters. The Balaban J connectivity index is 1.86. The zero-order valence-electron chi connectivity index (χ0n) is 10.7. The largest absolute Gasteiger partial charge is 0.383 e. The molecule has 21 heavy (non-hydrogen) atoms. The maximum atomic E-state index is 11.3. The fourth-order valence-electron chi connectivity index (χ4n) is 1.73. The van der Waals surface area contributed by atoms with Crippen LogP contribution in [0.4, 0.5) is 11.6 Å². The SMILES string of the molecule is NNc1nc(CSc2nc(N)cc(=O)[nH]2)nc2sccc12. The summed E-state index contributed by atoms with van der Waals surface area (Å²) in [6, 6.07) is 3.14. The van der Waals surface area contributed by atoms with Gasteiger partial charge in [0.1, 0.15) is 16.5 Å². The molecule has 0 spiro atoms. The zero-order valence-corrected chi connectivity index (χ0v) is 12.3. The van der Waals surface area contributed by atoms with E-state index in [0.717, 1.165) is 10.2 Å². The Morgan fingerprint density at radius 3 is 3.00 bits per heavy atom. The molecule has 3 rings (SSSR count). The minimum Gasteiger partial charge on any atom is -0.383 e. The molecule has 3 heterocycles. The first-order valence-corrected chi connectivity index (χ1v) is 7.72. The fourth-order valence-corrected chi connectivity index (χ4v) is 3.25. The molecular weight excluding hydrogens is 310 g/mol. The molecule has 0 aromatic carbocycles. The minimum absolute atomic E-state index is 0.181. The molecule has 0 aliphatic carbocycles. The smallest absolute Gasteiger partial charge is 0.253 e. The molecule has 0 fully saturated rings. The highest BCUT2D eigenvalue weighted by Crippen LogP contribution is 2.26. The number of anilines is 2. The van der Waals surface area contributed by atoms with Crippen molar-refractivity contribution < 1.29 is 0 Å². The van der Waals surface area contributed by atoms with E-state index in [9.17, 15) is 4.79 Å². The van der Waals surface area contributed by atoms with Gasteiger partial charge in [0.2, 0.25) is 0 Å². The Bertz CT molecular complexity index is 844. The second-order valence-corrected chi connectivity index (χ2v) is 5.89. The van der Waals surface area contributed by atoms with Gasteiger partial charge in [0.25, 0.3) is 5.56 Å². The molecule has 3 aromatic rings. The maximum Gasteiger partial charge on any atom is 0.253 e. The molecule has 0 aliphatic rings. The van der Waals surface area contributed by atoms with Gasteiger partial charge < -0.3 is 16.1 Å². The van der Waals surface area contributed by atoms with E-state index in [-0.39, 0.29) is 11.4 Å². The summed E-state index contributed by atoms with van der Waals surface area (Å²) in [5.41, 5.74) is 7.81. The van der Waals surface area contributed by atoms with E-state index in [4.69, 9.17) is 11.6 Å². The van der Waals surface area contributed by atoms with Gasteiger partial charge >= 0.3 is 0 Å². The van der Waals surface area contributed by atoms with E-state index in [1.807, 2.05) is 11.4 Å². The van der Waals surface area contributed by atoms with Gasteiger partial charge in [0.05, 0.1) is 11.1 Å². The molecule has 0 saturated heterocycles. The van der Waals surface area contributed by atoms with Crippen LogP contribution in [0.2, 0.25) is 0 Å². The van der Waals surface area contributed by atoms with E-state index in [0.29, 0.717) is 22.6 Å². The van der Waals surface area contributed by atoms with E-state index in [2.05, 4.69) is 25.4 Å². The van der Waals surface area contributed by atoms with Crippen LogP contribution < -0.4 is 22.6 Å². The van der Waals surface area contributed by atoms with Gasteiger partial charge in [0.15, 0.2) is 11.0 Å². The topological polar surface area (TPSA) is 136 Å². The minimum atomic E-state index is -0.288. The number of hydrogen-bond donors (Lipinski definition) is 4. The van der Waals surface area contributed by atoms with Crippen LogP contribution in [0.1, 0.15) is 5.82 Å². The molecule has 0 aliphatic heterocycles. The van der Waals surface area contributed by atoms with Crippen LogP contribution >= 0.6 is 23.1 Å². The summed E-state index contributed by atoms with van der Waals surface area (Å²) >= 11 is 2.80. The molecule has 6 N–H and O–H groups in total. The van der Waals surface area contributed by atoms with Gasteiger partial charge in [-0.25, -0.2) is 20.8 Å². The third-order valence-corrected chi connectivity index (χ3v) is 4.26. The van der Waals surface area contributed by atoms with Crippen LogP contribution in [0.5, 0.6) is 0 Å². The third-order valence-electron chi connectivity index (χ3n) is 2.59. The summed E-state index contributed by atoms with van der Waals surface area (Å²) in [6.45, 7) is 0. The third kappa shape index (κ3) is 2.96. The van der Waals surface area contributed by atoms with E-state index < -0.39 is 0 Å². The van der Waals surface area contributed by atoms with Crippen molar-refractivity contribution in [3.8, 4) is 0 Å². The lowest BCUT2D eigenvalue weighted by Gasteiger charge is -2.05. The summed E-state index contributed by atoms with van der Waals surface area (Å²) in [6.07, 6.45) is 0. The van der Waals surface area contributed by atoms with Crippen molar-refractivity contribution in [2.45, 2.75) is 10.9 Å². The van der Waals surface area contributed by atoms with Crippen LogP contribution in [0.15, 0.2) is 27.5 Å². The van der Waals surface area contributed by atoms with E-state index in [1.54, 1.807) is 0 Å². The lowest BCUT2D eigenvalue weighted by molar-refractivity contribution is 0.941. The average molecular weight is 321 g/mol. The first-order chi connectivity index (χ1) is 10.2. The quantitative estimate of drug-likeness (QED) is 0.241. The molecular formula is C11H11N7OS2. The Hall–Kier alpha value is -2.17. The van der Waals surface area contributed by atoms with Crippen molar-refractivity contribution in [3.05, 3.63) is 33.7 Å². The predicted molar refractivity (Wildman–Crippen MR) is 84.1 cm³/mol. The number of nitrogens with two attached hydrogens (primary N) is 2. The normalized spacial score (nSPS) is 10.9. The van der Waals surface area contributed by atoms with Crippen molar-refractivity contribution in [2.75, 3.05) is 11.2 Å². The predicted octanol–water partition coefficient (Wildman–Crippen LogP) is 0.935. The fraction of sp³-hybridized carbons (Fsp3) is 0.0909. The summed E-state index contributed by atoms with van der Waals surface area (Å²) in [5.74, 6) is 7.26. The molecule has 3 aromatic heterocycles. The van der Waals surface area contributed by atoms with Crippen LogP contribution in [0.3, 0.4) is 0 Å². The van der Waals surface area contributed by atoms with Crippen molar-refractivity contribution >= 4 is 45.0 Å². The zero-order chi connectivity index (χ0) is 14.8. The number of aromatic amines is 1. The van der Waals surface area contributed by atoms with E-state index in [1.165, 1.54) is 29.2 Å². The highest BCUT2D eigenvalue weighted by Gasteiger charge is 2.09. The molecule has 8 nitrogen and oxygen atoms in total. The summed E-state index contributed by atoms with van der Waals surface area (Å²) < 4.78 is 0. The summed E-state index contributed by atoms with van der Waals surface area (Å²) in [4.78, 5) is 27.6. The maximum absolute atomic E-state index is 11.3. The number of hydrogen-bond acceptors (Lipinski definition) is 9. The van der Waals surface area contributed by atoms with E-state index >= 15 is 0 Å². The van der Waals surface area contributed by atoms with Gasteiger partial charge in [-0.2, -0.15) is 0 Å². The first kappa shape index (κ1) is 13.8. The summed E-state index contributed by atoms with van der Waals surface area (Å²) in [7, 11) is 0. The van der Waals surface area contributed by atoms with Gasteiger partial charge in [-0.05, 0) is 11.4 Å². The number of rotatable bonds is 4. The number of thioether (sulfide) groups is 1. The second kappa shape index (κ2) is 5.68. The molecule has 10 heteroatoms. The van der Waals surface area contributed by atoms with Gasteiger partial charge in [-0.15, -0.1) is 11.3 Å². The summed E-state index contributed by atoms with van der Waals surface area (Å²) in [5, 5.41) is 3.23. The van der Waals surface area contributed by atoms with Crippen LogP contribution in [-0.4, -0.2) is 19.9 Å². The number of nitrogens with one attached hydrogen (secondary N) is 2. The Morgan fingerprint density at radius 2 is 2.24 bits per heavy atom. The number of thiophene rings is 1. The molecule has 0 radical (unpaired) electrons. The Kier molecular flexibility index (Phi) is 3.73. The van der Waals surface area contributed by atoms with Crippen LogP contribution in [0.25, 0.3) is 10.2 Å². The standard InChI is InChI=1S/C11H11N7OS2/c12-6-3-8(19)17-11(14-6)21-4-7-15-9(18-13)5-1-2-20-10(5)16-7/h1-3H,4,13H2,(H,15,16,18)(H3,12,14,17,19). The average Bonchev–Trinajstić information content (AvgIpc) is 2.91. The Morgan fingerprint density at radius 1 is 1.38 bits per heavy atom. The molecule has 0 amide bonds. The molecule has 0 saturated carbocycles. The molecule has 0 bridgehead atoms. The van der Waals surface area contributed by atoms with Crippen LogP contribution in [0, 0.1) is 0 Å². The molecule has 0 unspecified atom stereocenters. The lowest BCUT2D eigenvalue weighted by Crippen LogP contribution is -2.11.